The van der Waals surface area contributed by atoms with E-state index in [0.717, 1.165) is 70.0 Å². The number of nitrogens with zero attached hydrogens (tertiary/aromatic N) is 2. The highest BCUT2D eigenvalue weighted by atomic mass is 16.5. The minimum atomic E-state index is -0.571. The van der Waals surface area contributed by atoms with Crippen molar-refractivity contribution in [3.05, 3.63) is 66.0 Å². The lowest BCUT2D eigenvalue weighted by Gasteiger charge is -2.54. The first kappa shape index (κ1) is 23.0. The molecule has 2 aromatic rings. The van der Waals surface area contributed by atoms with Crippen molar-refractivity contribution < 1.29 is 18.8 Å². The minimum Gasteiger partial charge on any atom is -0.455 e. The predicted molar refractivity (Wildman–Crippen MR) is 129 cm³/mol. The average Bonchev–Trinajstić information content (AvgIpc) is 3.13. The van der Waals surface area contributed by atoms with Gasteiger partial charge in [-0.25, -0.2) is 0 Å². The van der Waals surface area contributed by atoms with Crippen LogP contribution in [0, 0.1) is 5.92 Å². The number of primary amides is 1. The molecule has 6 rings (SSSR count). The molecule has 34 heavy (non-hydrogen) atoms. The van der Waals surface area contributed by atoms with Crippen molar-refractivity contribution in [2.75, 3.05) is 19.6 Å². The lowest BCUT2D eigenvalue weighted by Crippen LogP contribution is -2.67. The van der Waals surface area contributed by atoms with Crippen LogP contribution in [0.1, 0.15) is 68.7 Å². The van der Waals surface area contributed by atoms with Crippen molar-refractivity contribution in [3.8, 4) is 0 Å². The van der Waals surface area contributed by atoms with Gasteiger partial charge in [0.05, 0.1) is 18.5 Å². The number of hydrogen-bond acceptors (Lipinski definition) is 4. The summed E-state index contributed by atoms with van der Waals surface area (Å²) >= 11 is 0. The molecule has 0 spiro atoms. The molecule has 6 nitrogen and oxygen atoms in total. The van der Waals surface area contributed by atoms with Crippen molar-refractivity contribution in [1.82, 2.24) is 4.98 Å². The van der Waals surface area contributed by atoms with E-state index < -0.39 is 11.5 Å². The highest BCUT2D eigenvalue weighted by Crippen LogP contribution is 2.44. The molecule has 1 aromatic heterocycles. The SMILES string of the molecule is NC(=O)C(c1ccccn1)[N+]12CCC(CC1)C(OC(=O)C1(c3ccccc3)CCCCCC1)C2. The van der Waals surface area contributed by atoms with Gasteiger partial charge in [-0.1, -0.05) is 62.1 Å². The highest BCUT2D eigenvalue weighted by molar-refractivity contribution is 5.83. The largest absolute Gasteiger partial charge is 0.455 e. The molecule has 180 valence electrons. The van der Waals surface area contributed by atoms with Crippen LogP contribution in [0.3, 0.4) is 0 Å². The average molecular weight is 463 g/mol. The van der Waals surface area contributed by atoms with E-state index >= 15 is 0 Å². The standard InChI is InChI=1S/C28H35N3O3/c29-26(32)25(23-12-6-9-17-30-23)31-18-13-21(14-19-31)24(20-31)34-27(33)28(15-7-1-2-8-16-28)22-10-4-3-5-11-22/h3-6,9-12,17,21,24-25H,1-2,7-8,13-16,18-20H2,(H-,29,32)/p+1. The molecule has 4 aliphatic rings. The van der Waals surface area contributed by atoms with Gasteiger partial charge in [0.15, 0.2) is 6.10 Å². The number of nitrogens with two attached hydrogens (primary N) is 1. The van der Waals surface area contributed by atoms with Crippen molar-refractivity contribution >= 4 is 11.9 Å². The lowest BCUT2D eigenvalue weighted by atomic mass is 9.74. The zero-order valence-corrected chi connectivity index (χ0v) is 19.9. The van der Waals surface area contributed by atoms with Crippen LogP contribution < -0.4 is 5.73 Å². The van der Waals surface area contributed by atoms with E-state index in [1.807, 2.05) is 36.4 Å². The number of piperidine rings is 3. The monoisotopic (exact) mass is 462 g/mol. The summed E-state index contributed by atoms with van der Waals surface area (Å²) in [7, 11) is 0. The summed E-state index contributed by atoms with van der Waals surface area (Å²) in [6.45, 7) is 2.37. The molecule has 1 saturated carbocycles. The van der Waals surface area contributed by atoms with Gasteiger partial charge in [0, 0.05) is 25.0 Å². The second kappa shape index (κ2) is 9.49. The van der Waals surface area contributed by atoms with Crippen LogP contribution in [-0.2, 0) is 19.7 Å². The number of quaternary nitrogens is 1. The van der Waals surface area contributed by atoms with Gasteiger partial charge in [-0.2, -0.15) is 0 Å². The molecule has 1 amide bonds. The summed E-state index contributed by atoms with van der Waals surface area (Å²) in [5.41, 5.74) is 7.17. The first-order valence-corrected chi connectivity index (χ1v) is 12.9. The van der Waals surface area contributed by atoms with Crippen LogP contribution in [-0.4, -0.2) is 47.1 Å². The Morgan fingerprint density at radius 1 is 0.971 bits per heavy atom. The number of fused-ring (bicyclic) bond motifs is 3. The zero-order valence-electron chi connectivity index (χ0n) is 19.9. The van der Waals surface area contributed by atoms with Crippen molar-refractivity contribution in [1.29, 1.82) is 0 Å². The van der Waals surface area contributed by atoms with Crippen LogP contribution in [0.2, 0.25) is 0 Å². The summed E-state index contributed by atoms with van der Waals surface area (Å²) in [6.07, 6.45) is 9.49. The molecule has 2 bridgehead atoms. The van der Waals surface area contributed by atoms with E-state index in [9.17, 15) is 9.59 Å². The fraction of sp³-hybridized carbons (Fsp3) is 0.536. The van der Waals surface area contributed by atoms with Gasteiger partial charge >= 0.3 is 5.97 Å². The number of ether oxygens (including phenoxy) is 1. The van der Waals surface area contributed by atoms with Crippen LogP contribution >= 0.6 is 0 Å². The third-order valence-corrected chi connectivity index (χ3v) is 8.68. The zero-order chi connectivity index (χ0) is 23.6. The smallest absolute Gasteiger partial charge is 0.317 e. The number of benzene rings is 1. The Labute approximate surface area is 202 Å². The van der Waals surface area contributed by atoms with E-state index in [0.29, 0.717) is 22.6 Å². The Balaban J connectivity index is 1.42. The summed E-state index contributed by atoms with van der Waals surface area (Å²) < 4.78 is 6.98. The summed E-state index contributed by atoms with van der Waals surface area (Å²) in [4.78, 5) is 31.1. The van der Waals surface area contributed by atoms with Crippen LogP contribution in [0.15, 0.2) is 54.7 Å². The molecule has 6 heteroatoms. The maximum atomic E-state index is 14.0. The maximum absolute atomic E-state index is 14.0. The quantitative estimate of drug-likeness (QED) is 0.399. The molecule has 2 atom stereocenters. The molecular weight excluding hydrogens is 426 g/mol. The number of carbonyl (C=O) groups excluding carboxylic acids is 2. The van der Waals surface area contributed by atoms with Crippen LogP contribution in [0.5, 0.6) is 0 Å². The molecule has 4 heterocycles. The van der Waals surface area contributed by atoms with Crippen LogP contribution in [0.25, 0.3) is 0 Å². The van der Waals surface area contributed by atoms with E-state index in [1.54, 1.807) is 6.20 Å². The summed E-state index contributed by atoms with van der Waals surface area (Å²) in [6, 6.07) is 15.3. The Morgan fingerprint density at radius 2 is 1.65 bits per heavy atom. The van der Waals surface area contributed by atoms with E-state index in [1.165, 1.54) is 0 Å². The summed E-state index contributed by atoms with van der Waals surface area (Å²) in [5, 5.41) is 0. The van der Waals surface area contributed by atoms with Gasteiger partial charge in [0.25, 0.3) is 5.91 Å². The number of pyridine rings is 1. The third kappa shape index (κ3) is 4.13. The molecule has 3 aliphatic heterocycles. The second-order valence-corrected chi connectivity index (χ2v) is 10.6. The van der Waals surface area contributed by atoms with Gasteiger partial charge in [0.2, 0.25) is 6.04 Å². The Morgan fingerprint density at radius 3 is 2.26 bits per heavy atom. The fourth-order valence-electron chi connectivity index (χ4n) is 6.85. The van der Waals surface area contributed by atoms with Gasteiger partial charge in [-0.3, -0.25) is 14.6 Å². The molecule has 2 N–H and O–H groups in total. The highest BCUT2D eigenvalue weighted by Gasteiger charge is 2.55. The third-order valence-electron chi connectivity index (χ3n) is 8.68. The molecular formula is C28H36N3O3+. The van der Waals surface area contributed by atoms with Crippen LogP contribution in [0.4, 0.5) is 0 Å². The Kier molecular flexibility index (Phi) is 6.43. The van der Waals surface area contributed by atoms with Crippen molar-refractivity contribution in [2.24, 2.45) is 11.7 Å². The van der Waals surface area contributed by atoms with Crippen molar-refractivity contribution in [2.45, 2.75) is 68.9 Å². The molecule has 3 saturated heterocycles. The number of hydrogen-bond donors (Lipinski definition) is 1. The van der Waals surface area contributed by atoms with E-state index in [-0.39, 0.29) is 18.0 Å². The molecule has 1 aliphatic carbocycles. The normalized spacial score (nSPS) is 29.1. The molecule has 2 unspecified atom stereocenters. The van der Waals surface area contributed by atoms with E-state index in [4.69, 9.17) is 10.5 Å². The number of rotatable bonds is 6. The lowest BCUT2D eigenvalue weighted by molar-refractivity contribution is -0.965. The number of amides is 1. The van der Waals surface area contributed by atoms with Gasteiger partial charge in [-0.05, 0) is 30.5 Å². The first-order valence-electron chi connectivity index (χ1n) is 12.9. The molecule has 4 fully saturated rings. The van der Waals surface area contributed by atoms with Gasteiger partial charge < -0.3 is 15.0 Å². The number of carbonyl (C=O) groups is 2. The summed E-state index contributed by atoms with van der Waals surface area (Å²) in [5.74, 6) is -0.0839. The first-order chi connectivity index (χ1) is 16.5. The van der Waals surface area contributed by atoms with E-state index in [2.05, 4.69) is 17.1 Å². The number of esters is 1. The second-order valence-electron chi connectivity index (χ2n) is 10.6. The van der Waals surface area contributed by atoms with Gasteiger partial charge in [-0.15, -0.1) is 0 Å². The Hall–Kier alpha value is -2.73. The predicted octanol–water partition coefficient (Wildman–Crippen LogP) is 4.05. The molecule has 1 aromatic carbocycles. The topological polar surface area (TPSA) is 82.3 Å². The minimum absolute atomic E-state index is 0.0778. The maximum Gasteiger partial charge on any atom is 0.317 e. The Bertz CT molecular complexity index is 994. The van der Waals surface area contributed by atoms with Crippen molar-refractivity contribution in [3.63, 3.8) is 0 Å². The fourth-order valence-corrected chi connectivity index (χ4v) is 6.85. The molecule has 0 radical (unpaired) electrons. The number of aromatic nitrogens is 1. The van der Waals surface area contributed by atoms with Gasteiger partial charge in [0.1, 0.15) is 12.2 Å².